The Hall–Kier alpha value is -3.54. The van der Waals surface area contributed by atoms with E-state index in [1.54, 1.807) is 31.2 Å². The number of phenolic OH excluding ortho intramolecular Hbond substituents is 1. The molecule has 1 aliphatic heterocycles. The number of nitrogens with one attached hydrogen (secondary N) is 1. The summed E-state index contributed by atoms with van der Waals surface area (Å²) in [6.07, 6.45) is 1.46. The Kier molecular flexibility index (Phi) is 5.03. The lowest BCUT2D eigenvalue weighted by atomic mass is 10.1. The Morgan fingerprint density at radius 1 is 1.19 bits per heavy atom. The van der Waals surface area contributed by atoms with E-state index in [4.69, 9.17) is 9.47 Å². The number of hydrogen-bond acceptors (Lipinski definition) is 6. The predicted octanol–water partition coefficient (Wildman–Crippen LogP) is 3.22. The first-order chi connectivity index (χ1) is 12.6. The second-order valence-corrected chi connectivity index (χ2v) is 5.45. The molecule has 0 aliphatic carbocycles. The minimum Gasteiger partial charge on any atom is -0.508 e. The van der Waals surface area contributed by atoms with Crippen molar-refractivity contribution in [2.45, 2.75) is 6.92 Å². The summed E-state index contributed by atoms with van der Waals surface area (Å²) in [7, 11) is 0. The Bertz CT molecular complexity index is 899. The van der Waals surface area contributed by atoms with E-state index < -0.39 is 11.8 Å². The molecule has 0 radical (unpaired) electrons. The molecule has 2 N–H and O–H groups in total. The number of carbonyl (C=O) groups is 2. The van der Waals surface area contributed by atoms with Crippen LogP contribution in [-0.4, -0.2) is 23.5 Å². The van der Waals surface area contributed by atoms with E-state index in [1.165, 1.54) is 18.2 Å². The van der Waals surface area contributed by atoms with Gasteiger partial charge in [0.15, 0.2) is 11.3 Å². The SMILES string of the molecule is CCOC(=O)C1=C(Nc2ccccc2)O/C(=C\c2cccc(O)c2)C1=O. The molecule has 1 aliphatic rings. The van der Waals surface area contributed by atoms with Gasteiger partial charge in [-0.15, -0.1) is 0 Å². The zero-order valence-corrected chi connectivity index (χ0v) is 14.1. The van der Waals surface area contributed by atoms with Gasteiger partial charge in [-0.3, -0.25) is 4.79 Å². The van der Waals surface area contributed by atoms with Crippen molar-refractivity contribution < 1.29 is 24.2 Å². The van der Waals surface area contributed by atoms with Crippen molar-refractivity contribution in [1.82, 2.24) is 0 Å². The predicted molar refractivity (Wildman–Crippen MR) is 95.9 cm³/mol. The van der Waals surface area contributed by atoms with E-state index in [2.05, 4.69) is 5.32 Å². The molecule has 3 rings (SSSR count). The van der Waals surface area contributed by atoms with Crippen LogP contribution in [0.1, 0.15) is 12.5 Å². The number of Topliss-reactive ketones (excluding diaryl/α,β-unsaturated/α-hetero) is 1. The van der Waals surface area contributed by atoms with E-state index >= 15 is 0 Å². The fourth-order valence-corrected chi connectivity index (χ4v) is 2.42. The van der Waals surface area contributed by atoms with Crippen molar-refractivity contribution in [1.29, 1.82) is 0 Å². The number of aromatic hydroxyl groups is 1. The molecule has 0 fully saturated rings. The number of rotatable bonds is 5. The number of carbonyl (C=O) groups excluding carboxylic acids is 2. The zero-order chi connectivity index (χ0) is 18.5. The van der Waals surface area contributed by atoms with Crippen molar-refractivity contribution in [3.8, 4) is 5.75 Å². The van der Waals surface area contributed by atoms with Crippen LogP contribution < -0.4 is 5.32 Å². The van der Waals surface area contributed by atoms with Crippen molar-refractivity contribution in [3.05, 3.63) is 77.4 Å². The molecule has 26 heavy (non-hydrogen) atoms. The van der Waals surface area contributed by atoms with Crippen LogP contribution in [0.4, 0.5) is 5.69 Å². The van der Waals surface area contributed by atoms with Gasteiger partial charge in [-0.25, -0.2) is 4.79 Å². The van der Waals surface area contributed by atoms with Gasteiger partial charge in [-0.05, 0) is 42.8 Å². The van der Waals surface area contributed by atoms with Crippen LogP contribution in [0, 0.1) is 0 Å². The Balaban J connectivity index is 1.94. The standard InChI is InChI=1S/C20H17NO5/c1-2-25-20(24)17-18(23)16(12-13-7-6-10-15(22)11-13)26-19(17)21-14-8-4-3-5-9-14/h3-12,21-22H,2H2,1H3/b16-12-. The number of ether oxygens (including phenoxy) is 2. The number of benzene rings is 2. The van der Waals surface area contributed by atoms with Crippen LogP contribution in [0.2, 0.25) is 0 Å². The van der Waals surface area contributed by atoms with Gasteiger partial charge in [-0.1, -0.05) is 30.3 Å². The summed E-state index contributed by atoms with van der Waals surface area (Å²) in [6, 6.07) is 15.4. The van der Waals surface area contributed by atoms with E-state index in [-0.39, 0.29) is 29.6 Å². The van der Waals surface area contributed by atoms with Crippen LogP contribution >= 0.6 is 0 Å². The van der Waals surface area contributed by atoms with Crippen molar-refractivity contribution >= 4 is 23.5 Å². The number of para-hydroxylation sites is 1. The van der Waals surface area contributed by atoms with E-state index in [1.807, 2.05) is 18.2 Å². The average Bonchev–Trinajstić information content (AvgIpc) is 2.91. The van der Waals surface area contributed by atoms with E-state index in [0.29, 0.717) is 11.3 Å². The molecule has 6 heteroatoms. The third kappa shape index (κ3) is 3.75. The fourth-order valence-electron chi connectivity index (χ4n) is 2.42. The molecule has 0 spiro atoms. The van der Waals surface area contributed by atoms with Crippen LogP contribution in [0.15, 0.2) is 71.8 Å². The van der Waals surface area contributed by atoms with Crippen LogP contribution in [0.25, 0.3) is 6.08 Å². The van der Waals surface area contributed by atoms with Crippen molar-refractivity contribution in [3.63, 3.8) is 0 Å². The first-order valence-electron chi connectivity index (χ1n) is 8.05. The summed E-state index contributed by atoms with van der Waals surface area (Å²) in [4.78, 5) is 24.9. The third-order valence-corrected chi connectivity index (χ3v) is 3.57. The number of anilines is 1. The molecular formula is C20H17NO5. The summed E-state index contributed by atoms with van der Waals surface area (Å²) >= 11 is 0. The first-order valence-corrected chi connectivity index (χ1v) is 8.05. The largest absolute Gasteiger partial charge is 0.508 e. The molecule has 2 aromatic rings. The second-order valence-electron chi connectivity index (χ2n) is 5.45. The monoisotopic (exact) mass is 351 g/mol. The lowest BCUT2D eigenvalue weighted by Crippen LogP contribution is -2.16. The number of esters is 1. The Morgan fingerprint density at radius 2 is 1.96 bits per heavy atom. The summed E-state index contributed by atoms with van der Waals surface area (Å²) in [6.45, 7) is 1.80. The maximum atomic E-state index is 12.7. The number of hydrogen-bond donors (Lipinski definition) is 2. The van der Waals surface area contributed by atoms with Crippen LogP contribution in [0.5, 0.6) is 5.75 Å². The van der Waals surface area contributed by atoms with Gasteiger partial charge in [-0.2, -0.15) is 0 Å². The molecule has 0 atom stereocenters. The lowest BCUT2D eigenvalue weighted by molar-refractivity contribution is -0.139. The molecular weight excluding hydrogens is 334 g/mol. The molecule has 1 heterocycles. The normalized spacial score (nSPS) is 15.1. The maximum absolute atomic E-state index is 12.7. The highest BCUT2D eigenvalue weighted by atomic mass is 16.5. The zero-order valence-electron chi connectivity index (χ0n) is 14.1. The molecule has 0 saturated heterocycles. The quantitative estimate of drug-likeness (QED) is 0.489. The molecule has 6 nitrogen and oxygen atoms in total. The van der Waals surface area contributed by atoms with Gasteiger partial charge in [0.2, 0.25) is 11.7 Å². The van der Waals surface area contributed by atoms with E-state index in [9.17, 15) is 14.7 Å². The Morgan fingerprint density at radius 3 is 2.65 bits per heavy atom. The minimum absolute atomic E-state index is 0.0195. The lowest BCUT2D eigenvalue weighted by Gasteiger charge is -2.08. The molecule has 0 bridgehead atoms. The van der Waals surface area contributed by atoms with E-state index in [0.717, 1.165) is 0 Å². The summed E-state index contributed by atoms with van der Waals surface area (Å²) in [5, 5.41) is 12.5. The van der Waals surface area contributed by atoms with Crippen molar-refractivity contribution in [2.24, 2.45) is 0 Å². The van der Waals surface area contributed by atoms with Gasteiger partial charge in [0.25, 0.3) is 0 Å². The smallest absolute Gasteiger partial charge is 0.347 e. The fraction of sp³-hybridized carbons (Fsp3) is 0.100. The first kappa shape index (κ1) is 17.3. The summed E-state index contributed by atoms with van der Waals surface area (Å²) in [5.74, 6) is -1.28. The third-order valence-electron chi connectivity index (χ3n) is 3.57. The molecule has 0 amide bonds. The summed E-state index contributed by atoms with van der Waals surface area (Å²) in [5.41, 5.74) is 1.04. The molecule has 2 aromatic carbocycles. The second kappa shape index (κ2) is 7.57. The Labute approximate surface area is 150 Å². The van der Waals surface area contributed by atoms with Gasteiger partial charge < -0.3 is 19.9 Å². The van der Waals surface area contributed by atoms with Gasteiger partial charge in [0.1, 0.15) is 5.75 Å². The number of allylic oxidation sites excluding steroid dienone is 1. The topological polar surface area (TPSA) is 84.9 Å². The number of phenols is 1. The highest BCUT2D eigenvalue weighted by Gasteiger charge is 2.36. The highest BCUT2D eigenvalue weighted by Crippen LogP contribution is 2.29. The molecule has 132 valence electrons. The molecule has 0 saturated carbocycles. The maximum Gasteiger partial charge on any atom is 0.347 e. The molecule has 0 aromatic heterocycles. The average molecular weight is 351 g/mol. The van der Waals surface area contributed by atoms with Crippen LogP contribution in [-0.2, 0) is 19.1 Å². The molecule has 0 unspecified atom stereocenters. The van der Waals surface area contributed by atoms with Gasteiger partial charge in [0, 0.05) is 5.69 Å². The number of ketones is 1. The highest BCUT2D eigenvalue weighted by molar-refractivity contribution is 6.26. The summed E-state index contributed by atoms with van der Waals surface area (Å²) < 4.78 is 10.6. The minimum atomic E-state index is -0.754. The van der Waals surface area contributed by atoms with Crippen molar-refractivity contribution in [2.75, 3.05) is 11.9 Å². The van der Waals surface area contributed by atoms with Crippen LogP contribution in [0.3, 0.4) is 0 Å². The van der Waals surface area contributed by atoms with Gasteiger partial charge >= 0.3 is 5.97 Å². The van der Waals surface area contributed by atoms with Gasteiger partial charge in [0.05, 0.1) is 6.61 Å².